The second-order valence-corrected chi connectivity index (χ2v) is 12.9. The second-order valence-electron chi connectivity index (χ2n) is 12.9. The Balaban J connectivity index is 1.38. The van der Waals surface area contributed by atoms with Crippen LogP contribution in [-0.4, -0.2) is 38.6 Å². The summed E-state index contributed by atoms with van der Waals surface area (Å²) in [6.45, 7) is 4.22. The van der Waals surface area contributed by atoms with Crippen molar-refractivity contribution in [1.29, 1.82) is 0 Å². The van der Waals surface area contributed by atoms with Crippen molar-refractivity contribution in [3.63, 3.8) is 0 Å². The average Bonchev–Trinajstić information content (AvgIpc) is 3.44. The number of carbonyl (C=O) groups is 2. The number of ether oxygens (including phenoxy) is 1. The maximum atomic E-state index is 14.5. The van der Waals surface area contributed by atoms with E-state index in [-0.39, 0.29) is 41.8 Å². The normalized spacial score (nSPS) is 25.3. The van der Waals surface area contributed by atoms with E-state index in [0.717, 1.165) is 23.8 Å². The minimum absolute atomic E-state index is 0.000166. The summed E-state index contributed by atoms with van der Waals surface area (Å²) in [6.07, 6.45) is -4.15. The summed E-state index contributed by atoms with van der Waals surface area (Å²) in [5, 5.41) is 11.2. The maximum Gasteiger partial charge on any atom is 0.416 e. The zero-order valence-electron chi connectivity index (χ0n) is 24.4. The number of halogens is 5. The number of nitrogens with one attached hydrogen (secondary N) is 1. The molecule has 2 saturated carbocycles. The number of aromatic nitrogens is 3. The van der Waals surface area contributed by atoms with Crippen molar-refractivity contribution in [3.8, 4) is 0 Å². The van der Waals surface area contributed by atoms with Crippen LogP contribution in [0.5, 0.6) is 0 Å². The standard InChI is InChI=1S/C31H32F5N5O3/c1-18-10-28(2,11-18)37-13-19-7-22-25(23(8-19)31(34,35)36)27(44-17-42)41(26(22)43)21-6-4-5-20(9-21)29(14-30(32,33)15-29)12-24-39-38-16-40(24)3/h4-9,16-18,27,37H,10-15H2,1-3H3. The van der Waals surface area contributed by atoms with Crippen LogP contribution in [0.4, 0.5) is 27.6 Å². The van der Waals surface area contributed by atoms with E-state index in [2.05, 4.69) is 22.4 Å². The van der Waals surface area contributed by atoms with Crippen LogP contribution in [0.3, 0.4) is 0 Å². The van der Waals surface area contributed by atoms with Crippen LogP contribution in [0.2, 0.25) is 0 Å². The Bertz CT molecular complexity index is 1610. The first-order valence-electron chi connectivity index (χ1n) is 14.4. The van der Waals surface area contributed by atoms with Gasteiger partial charge in [-0.15, -0.1) is 10.2 Å². The number of amides is 1. The van der Waals surface area contributed by atoms with Crippen molar-refractivity contribution in [2.24, 2.45) is 13.0 Å². The lowest BCUT2D eigenvalue weighted by molar-refractivity contribution is -0.142. The quantitative estimate of drug-likeness (QED) is 0.239. The van der Waals surface area contributed by atoms with Crippen LogP contribution in [0.15, 0.2) is 42.7 Å². The van der Waals surface area contributed by atoms with Crippen LogP contribution >= 0.6 is 0 Å². The smallest absolute Gasteiger partial charge is 0.416 e. The number of hydrogen-bond acceptors (Lipinski definition) is 6. The van der Waals surface area contributed by atoms with E-state index in [4.69, 9.17) is 4.74 Å². The maximum absolute atomic E-state index is 14.5. The molecule has 1 aliphatic heterocycles. The molecule has 0 radical (unpaired) electrons. The summed E-state index contributed by atoms with van der Waals surface area (Å²) in [6, 6.07) is 8.57. The molecular formula is C31H32F5N5O3. The minimum Gasteiger partial charge on any atom is -0.439 e. The van der Waals surface area contributed by atoms with Gasteiger partial charge in [-0.25, -0.2) is 8.78 Å². The SMILES string of the molecule is CC1CC(C)(NCc2cc3c(c(C(F)(F)F)c2)C(OC=O)N(c2cccc(C4(Cc5nncn5C)CC(F)(F)C4)c2)C3=O)C1. The largest absolute Gasteiger partial charge is 0.439 e. The van der Waals surface area contributed by atoms with Crippen molar-refractivity contribution in [2.45, 2.75) is 81.8 Å². The third-order valence-electron chi connectivity index (χ3n) is 9.21. The summed E-state index contributed by atoms with van der Waals surface area (Å²) in [7, 11) is 1.70. The molecule has 8 nitrogen and oxygen atoms in total. The van der Waals surface area contributed by atoms with E-state index < -0.39 is 53.6 Å². The highest BCUT2D eigenvalue weighted by Gasteiger charge is 2.58. The Morgan fingerprint density at radius 1 is 1.16 bits per heavy atom. The first kappa shape index (κ1) is 30.2. The van der Waals surface area contributed by atoms with Gasteiger partial charge in [-0.2, -0.15) is 13.2 Å². The molecule has 0 saturated heterocycles. The number of fused-ring (bicyclic) bond motifs is 1. The fourth-order valence-corrected chi connectivity index (χ4v) is 7.36. The van der Waals surface area contributed by atoms with E-state index in [1.807, 2.05) is 6.92 Å². The topological polar surface area (TPSA) is 89.3 Å². The van der Waals surface area contributed by atoms with Crippen LogP contribution in [0.1, 0.15) is 84.2 Å². The van der Waals surface area contributed by atoms with Gasteiger partial charge in [0.1, 0.15) is 12.2 Å². The lowest BCUT2D eigenvalue weighted by atomic mass is 9.60. The van der Waals surface area contributed by atoms with Crippen molar-refractivity contribution in [2.75, 3.05) is 4.90 Å². The Morgan fingerprint density at radius 2 is 1.89 bits per heavy atom. The highest BCUT2D eigenvalue weighted by atomic mass is 19.4. The second kappa shape index (κ2) is 10.4. The van der Waals surface area contributed by atoms with E-state index in [1.165, 1.54) is 24.5 Å². The first-order chi connectivity index (χ1) is 20.6. The number of benzene rings is 2. The zero-order valence-corrected chi connectivity index (χ0v) is 24.4. The van der Waals surface area contributed by atoms with Gasteiger partial charge in [0.25, 0.3) is 12.4 Å². The fraction of sp³-hybridized carbons (Fsp3) is 0.484. The molecule has 3 aliphatic rings. The van der Waals surface area contributed by atoms with Crippen molar-refractivity contribution in [1.82, 2.24) is 20.1 Å². The average molecular weight is 618 g/mol. The van der Waals surface area contributed by atoms with Crippen LogP contribution in [-0.2, 0) is 41.1 Å². The third-order valence-corrected chi connectivity index (χ3v) is 9.21. The number of alkyl halides is 5. The number of nitrogens with zero attached hydrogens (tertiary/aromatic N) is 4. The van der Waals surface area contributed by atoms with Gasteiger partial charge in [0.15, 0.2) is 0 Å². The first-order valence-corrected chi connectivity index (χ1v) is 14.4. The van der Waals surface area contributed by atoms with E-state index in [9.17, 15) is 31.5 Å². The molecule has 44 heavy (non-hydrogen) atoms. The van der Waals surface area contributed by atoms with Crippen molar-refractivity contribution < 1.29 is 36.3 Å². The molecule has 0 bridgehead atoms. The Morgan fingerprint density at radius 3 is 2.48 bits per heavy atom. The van der Waals surface area contributed by atoms with E-state index in [0.29, 0.717) is 17.3 Å². The number of rotatable bonds is 9. The molecular weight excluding hydrogens is 585 g/mol. The van der Waals surface area contributed by atoms with Gasteiger partial charge in [0, 0.05) is 60.6 Å². The molecule has 6 rings (SSSR count). The molecule has 1 amide bonds. The molecule has 1 N–H and O–H groups in total. The molecule has 13 heteroatoms. The van der Waals surface area contributed by atoms with Gasteiger partial charge < -0.3 is 14.6 Å². The molecule has 3 aromatic rings. The van der Waals surface area contributed by atoms with Gasteiger partial charge in [-0.05, 0) is 61.1 Å². The highest BCUT2D eigenvalue weighted by Crippen LogP contribution is 2.56. The predicted molar refractivity (Wildman–Crippen MR) is 149 cm³/mol. The predicted octanol–water partition coefficient (Wildman–Crippen LogP) is 5.85. The fourth-order valence-electron chi connectivity index (χ4n) is 7.36. The monoisotopic (exact) mass is 617 g/mol. The number of anilines is 1. The van der Waals surface area contributed by atoms with Gasteiger partial charge in [-0.3, -0.25) is 14.5 Å². The van der Waals surface area contributed by atoms with Gasteiger partial charge in [-0.1, -0.05) is 19.1 Å². The summed E-state index contributed by atoms with van der Waals surface area (Å²) >= 11 is 0. The molecule has 1 aromatic heterocycles. The molecule has 1 unspecified atom stereocenters. The Hall–Kier alpha value is -3.87. The Kier molecular flexibility index (Phi) is 7.10. The van der Waals surface area contributed by atoms with Gasteiger partial charge in [0.2, 0.25) is 12.2 Å². The van der Waals surface area contributed by atoms with Gasteiger partial charge >= 0.3 is 6.18 Å². The summed E-state index contributed by atoms with van der Waals surface area (Å²) in [4.78, 5) is 26.4. The number of carbonyl (C=O) groups excluding carboxylic acids is 2. The number of hydrogen-bond donors (Lipinski definition) is 1. The summed E-state index contributed by atoms with van der Waals surface area (Å²) in [5.74, 6) is -2.71. The lowest BCUT2D eigenvalue weighted by Crippen LogP contribution is -2.51. The highest BCUT2D eigenvalue weighted by molar-refractivity contribution is 6.11. The Labute approximate surface area is 250 Å². The van der Waals surface area contributed by atoms with Crippen molar-refractivity contribution in [3.05, 3.63) is 76.4 Å². The minimum atomic E-state index is -4.85. The van der Waals surface area contributed by atoms with Crippen LogP contribution < -0.4 is 10.2 Å². The zero-order chi connectivity index (χ0) is 31.7. The molecule has 2 aliphatic carbocycles. The molecule has 1 atom stereocenters. The van der Waals surface area contributed by atoms with Crippen LogP contribution in [0, 0.1) is 5.92 Å². The summed E-state index contributed by atoms with van der Waals surface area (Å²) in [5.41, 5.74) is -2.19. The van der Waals surface area contributed by atoms with E-state index >= 15 is 0 Å². The summed E-state index contributed by atoms with van der Waals surface area (Å²) < 4.78 is 78.9. The van der Waals surface area contributed by atoms with E-state index in [1.54, 1.807) is 23.7 Å². The van der Waals surface area contributed by atoms with Crippen LogP contribution in [0.25, 0.3) is 0 Å². The third kappa shape index (κ3) is 5.24. The number of aryl methyl sites for hydroxylation is 1. The van der Waals surface area contributed by atoms with Gasteiger partial charge in [0.05, 0.1) is 5.56 Å². The molecule has 2 fully saturated rings. The molecule has 2 aromatic carbocycles. The van der Waals surface area contributed by atoms with Crippen molar-refractivity contribution >= 4 is 18.1 Å². The lowest BCUT2D eigenvalue weighted by Gasteiger charge is -2.48. The molecule has 2 heterocycles. The molecule has 234 valence electrons. The molecule has 0 spiro atoms.